The molecule has 0 aromatic carbocycles. The number of carboxylic acids is 1. The molecule has 0 fully saturated rings. The second-order valence-corrected chi connectivity index (χ2v) is 7.69. The van der Waals surface area contributed by atoms with Crippen LogP contribution in [0.1, 0.15) is 104 Å². The predicted molar refractivity (Wildman–Crippen MR) is 99.9 cm³/mol. The van der Waals surface area contributed by atoms with Crippen molar-refractivity contribution in [2.45, 2.75) is 109 Å². The van der Waals surface area contributed by atoms with E-state index in [4.69, 9.17) is 0 Å². The Morgan fingerprint density at radius 1 is 0.773 bits per heavy atom. The average molecular weight is 331 g/mol. The number of aliphatic carboxylic acids is 1. The van der Waals surface area contributed by atoms with Crippen LogP contribution in [0.25, 0.3) is 0 Å². The topological polar surface area (TPSA) is 37.3 Å². The summed E-state index contributed by atoms with van der Waals surface area (Å²) in [5.74, 6) is 0.396. The quantitative estimate of drug-likeness (QED) is 0.302. The first-order valence-electron chi connectivity index (χ1n) is 9.56. The van der Waals surface area contributed by atoms with Crippen LogP contribution < -0.4 is 0 Å². The summed E-state index contributed by atoms with van der Waals surface area (Å²) in [6, 6.07) is 0. The van der Waals surface area contributed by atoms with Gasteiger partial charge in [0.15, 0.2) is 0 Å². The fraction of sp³-hybridized carbons (Fsp3) is 0.947. The molecule has 0 aliphatic carbocycles. The fourth-order valence-electron chi connectivity index (χ4n) is 2.67. The Morgan fingerprint density at radius 3 is 1.73 bits per heavy atom. The van der Waals surface area contributed by atoms with Crippen molar-refractivity contribution < 1.29 is 9.90 Å². The van der Waals surface area contributed by atoms with Gasteiger partial charge in [-0.25, -0.2) is 0 Å². The smallest absolute Gasteiger partial charge is 0.316 e. The van der Waals surface area contributed by atoms with Crippen LogP contribution in [0.4, 0.5) is 0 Å². The predicted octanol–water partition coefficient (Wildman–Crippen LogP) is 6.67. The van der Waals surface area contributed by atoms with Crippen LogP contribution in [-0.4, -0.2) is 22.1 Å². The number of carboxylic acid groups (broad SMARTS) is 1. The molecule has 0 amide bonds. The van der Waals surface area contributed by atoms with Gasteiger partial charge >= 0.3 is 5.97 Å². The first-order valence-corrected chi connectivity index (χ1v) is 10.6. The van der Waals surface area contributed by atoms with Crippen LogP contribution in [0.2, 0.25) is 0 Å². The lowest BCUT2D eigenvalue weighted by atomic mass is 10.1. The first-order chi connectivity index (χ1) is 10.7. The third-order valence-electron chi connectivity index (χ3n) is 4.16. The summed E-state index contributed by atoms with van der Waals surface area (Å²) in [6.45, 7) is 4.42. The molecule has 0 rings (SSSR count). The SMILES string of the molecule is CCCCCCCCCCCCSC(CCCCC)C(=O)O. The zero-order valence-corrected chi connectivity index (χ0v) is 15.8. The Morgan fingerprint density at radius 2 is 1.23 bits per heavy atom. The summed E-state index contributed by atoms with van der Waals surface area (Å²) in [5.41, 5.74) is 0. The Kier molecular flexibility index (Phi) is 17.0. The third-order valence-corrected chi connectivity index (χ3v) is 5.53. The van der Waals surface area contributed by atoms with Crippen molar-refractivity contribution in [1.29, 1.82) is 0 Å². The maximum Gasteiger partial charge on any atom is 0.316 e. The van der Waals surface area contributed by atoms with Gasteiger partial charge in [0.1, 0.15) is 5.25 Å². The van der Waals surface area contributed by atoms with E-state index in [1.807, 2.05) is 0 Å². The summed E-state index contributed by atoms with van der Waals surface area (Å²) in [7, 11) is 0. The first kappa shape index (κ1) is 21.8. The van der Waals surface area contributed by atoms with Gasteiger partial charge in [0.2, 0.25) is 0 Å². The minimum absolute atomic E-state index is 0.176. The highest BCUT2D eigenvalue weighted by Gasteiger charge is 2.16. The highest BCUT2D eigenvalue weighted by Crippen LogP contribution is 2.20. The molecule has 0 radical (unpaired) electrons. The molecule has 0 spiro atoms. The van der Waals surface area contributed by atoms with Crippen molar-refractivity contribution in [3.05, 3.63) is 0 Å². The van der Waals surface area contributed by atoms with Crippen LogP contribution in [0.15, 0.2) is 0 Å². The molecule has 1 atom stereocenters. The molecular weight excluding hydrogens is 292 g/mol. The molecule has 3 heteroatoms. The molecule has 2 nitrogen and oxygen atoms in total. The van der Waals surface area contributed by atoms with Gasteiger partial charge in [-0.1, -0.05) is 90.9 Å². The molecule has 0 aromatic heterocycles. The van der Waals surface area contributed by atoms with Crippen LogP contribution in [0.5, 0.6) is 0 Å². The number of hydrogen-bond acceptors (Lipinski definition) is 2. The molecule has 0 aromatic rings. The standard InChI is InChI=1S/C19H38O2S/c1-3-5-7-8-9-10-11-12-13-15-17-22-18(19(20)21)16-14-6-4-2/h18H,3-17H2,1-2H3,(H,20,21). The zero-order chi connectivity index (χ0) is 16.5. The van der Waals surface area contributed by atoms with Crippen molar-refractivity contribution in [3.63, 3.8) is 0 Å². The second-order valence-electron chi connectivity index (χ2n) is 6.38. The summed E-state index contributed by atoms with van der Waals surface area (Å²) in [4.78, 5) is 11.2. The van der Waals surface area contributed by atoms with Gasteiger partial charge in [0, 0.05) is 0 Å². The molecule has 132 valence electrons. The minimum Gasteiger partial charge on any atom is -0.480 e. The minimum atomic E-state index is -0.617. The van der Waals surface area contributed by atoms with Crippen LogP contribution in [0, 0.1) is 0 Å². The van der Waals surface area contributed by atoms with E-state index in [1.54, 1.807) is 11.8 Å². The molecule has 1 unspecified atom stereocenters. The Hall–Kier alpha value is -0.180. The molecule has 0 aliphatic heterocycles. The summed E-state index contributed by atoms with van der Waals surface area (Å²) in [5, 5.41) is 9.04. The summed E-state index contributed by atoms with van der Waals surface area (Å²) < 4.78 is 0. The van der Waals surface area contributed by atoms with Crippen molar-refractivity contribution in [2.75, 3.05) is 5.75 Å². The van der Waals surface area contributed by atoms with E-state index in [0.29, 0.717) is 0 Å². The highest BCUT2D eigenvalue weighted by molar-refractivity contribution is 8.00. The number of hydrogen-bond donors (Lipinski definition) is 1. The van der Waals surface area contributed by atoms with E-state index >= 15 is 0 Å². The average Bonchev–Trinajstić information content (AvgIpc) is 2.50. The number of carbonyl (C=O) groups is 1. The fourth-order valence-corrected chi connectivity index (χ4v) is 3.80. The summed E-state index contributed by atoms with van der Waals surface area (Å²) in [6.07, 6.45) is 17.6. The van der Waals surface area contributed by atoms with Gasteiger partial charge in [-0.05, 0) is 18.6 Å². The zero-order valence-electron chi connectivity index (χ0n) is 14.9. The van der Waals surface area contributed by atoms with Crippen molar-refractivity contribution in [3.8, 4) is 0 Å². The van der Waals surface area contributed by atoms with E-state index in [0.717, 1.165) is 31.4 Å². The molecular formula is C19H38O2S. The monoisotopic (exact) mass is 330 g/mol. The molecule has 0 saturated heterocycles. The van der Waals surface area contributed by atoms with Crippen LogP contribution in [0.3, 0.4) is 0 Å². The maximum atomic E-state index is 11.2. The van der Waals surface area contributed by atoms with Gasteiger partial charge < -0.3 is 5.11 Å². The molecule has 0 bridgehead atoms. The Balaban J connectivity index is 3.36. The van der Waals surface area contributed by atoms with E-state index in [-0.39, 0.29) is 5.25 Å². The third kappa shape index (κ3) is 14.7. The lowest BCUT2D eigenvalue weighted by Gasteiger charge is -2.11. The Labute approximate surface area is 142 Å². The molecule has 0 saturated carbocycles. The normalized spacial score (nSPS) is 12.5. The van der Waals surface area contributed by atoms with Crippen LogP contribution in [-0.2, 0) is 4.79 Å². The molecule has 22 heavy (non-hydrogen) atoms. The van der Waals surface area contributed by atoms with E-state index in [9.17, 15) is 9.90 Å². The number of thioether (sulfide) groups is 1. The lowest BCUT2D eigenvalue weighted by molar-refractivity contribution is -0.136. The van der Waals surface area contributed by atoms with Gasteiger partial charge in [0.25, 0.3) is 0 Å². The van der Waals surface area contributed by atoms with Gasteiger partial charge in [-0.2, -0.15) is 0 Å². The van der Waals surface area contributed by atoms with E-state index in [1.165, 1.54) is 64.2 Å². The van der Waals surface area contributed by atoms with E-state index < -0.39 is 5.97 Å². The van der Waals surface area contributed by atoms with Crippen molar-refractivity contribution >= 4 is 17.7 Å². The second kappa shape index (κ2) is 17.2. The van der Waals surface area contributed by atoms with Gasteiger partial charge in [-0.15, -0.1) is 11.8 Å². The summed E-state index contributed by atoms with van der Waals surface area (Å²) >= 11 is 1.66. The van der Waals surface area contributed by atoms with Gasteiger partial charge in [-0.3, -0.25) is 4.79 Å². The lowest BCUT2D eigenvalue weighted by Crippen LogP contribution is -2.16. The van der Waals surface area contributed by atoms with E-state index in [2.05, 4.69) is 13.8 Å². The molecule has 0 aliphatic rings. The molecule has 1 N–H and O–H groups in total. The van der Waals surface area contributed by atoms with Gasteiger partial charge in [0.05, 0.1) is 0 Å². The highest BCUT2D eigenvalue weighted by atomic mass is 32.2. The van der Waals surface area contributed by atoms with Crippen molar-refractivity contribution in [1.82, 2.24) is 0 Å². The Bertz CT molecular complexity index is 244. The molecule has 0 heterocycles. The van der Waals surface area contributed by atoms with Crippen LogP contribution >= 0.6 is 11.8 Å². The largest absolute Gasteiger partial charge is 0.480 e. The number of unbranched alkanes of at least 4 members (excludes halogenated alkanes) is 11. The maximum absolute atomic E-state index is 11.2. The van der Waals surface area contributed by atoms with Crippen molar-refractivity contribution in [2.24, 2.45) is 0 Å². The number of rotatable bonds is 17.